The van der Waals surface area contributed by atoms with E-state index in [1.807, 2.05) is 66.8 Å². The van der Waals surface area contributed by atoms with E-state index in [-0.39, 0.29) is 5.91 Å². The third-order valence-corrected chi connectivity index (χ3v) is 5.36. The van der Waals surface area contributed by atoms with Crippen molar-refractivity contribution >= 4 is 5.91 Å². The van der Waals surface area contributed by atoms with E-state index in [9.17, 15) is 4.79 Å². The van der Waals surface area contributed by atoms with Gasteiger partial charge < -0.3 is 14.4 Å². The lowest BCUT2D eigenvalue weighted by Crippen LogP contribution is -2.36. The van der Waals surface area contributed by atoms with Crippen LogP contribution in [0.25, 0.3) is 5.69 Å². The van der Waals surface area contributed by atoms with Crippen molar-refractivity contribution in [3.63, 3.8) is 0 Å². The van der Waals surface area contributed by atoms with Crippen LogP contribution in [0.4, 0.5) is 0 Å². The average molecular weight is 405 g/mol. The van der Waals surface area contributed by atoms with Gasteiger partial charge in [-0.1, -0.05) is 0 Å². The molecule has 1 aromatic heterocycles. The lowest BCUT2D eigenvalue weighted by molar-refractivity contribution is 0.0734. The molecule has 1 aliphatic heterocycles. The number of amides is 1. The molecule has 6 nitrogen and oxygen atoms in total. The Hall–Kier alpha value is -3.28. The summed E-state index contributed by atoms with van der Waals surface area (Å²) < 4.78 is 13.4. The van der Waals surface area contributed by atoms with E-state index < -0.39 is 0 Å². The molecule has 0 saturated carbocycles. The van der Waals surface area contributed by atoms with Gasteiger partial charge >= 0.3 is 0 Å². The van der Waals surface area contributed by atoms with Gasteiger partial charge in [-0.3, -0.25) is 4.79 Å². The van der Waals surface area contributed by atoms with E-state index in [1.165, 1.54) is 5.56 Å². The van der Waals surface area contributed by atoms with E-state index in [0.717, 1.165) is 34.9 Å². The van der Waals surface area contributed by atoms with Crippen LogP contribution in [0.2, 0.25) is 0 Å². The maximum Gasteiger partial charge on any atom is 0.254 e. The van der Waals surface area contributed by atoms with Crippen LogP contribution < -0.4 is 9.47 Å². The van der Waals surface area contributed by atoms with E-state index >= 15 is 0 Å². The van der Waals surface area contributed by atoms with Gasteiger partial charge in [-0.25, -0.2) is 4.68 Å². The zero-order valence-corrected chi connectivity index (χ0v) is 17.7. The summed E-state index contributed by atoms with van der Waals surface area (Å²) in [6.07, 6.45) is 2.57. The van der Waals surface area contributed by atoms with Gasteiger partial charge in [0.2, 0.25) is 0 Å². The molecule has 2 aromatic carbocycles. The number of rotatable bonds is 6. The van der Waals surface area contributed by atoms with Crippen LogP contribution in [0.5, 0.6) is 11.5 Å². The molecule has 0 N–H and O–H groups in total. The Kier molecular flexibility index (Phi) is 5.74. The van der Waals surface area contributed by atoms with Crippen molar-refractivity contribution in [2.45, 2.75) is 33.7 Å². The highest BCUT2D eigenvalue weighted by Gasteiger charge is 2.24. The smallest absolute Gasteiger partial charge is 0.254 e. The molecule has 3 aromatic rings. The van der Waals surface area contributed by atoms with Gasteiger partial charge in [-0.15, -0.1) is 0 Å². The van der Waals surface area contributed by atoms with Gasteiger partial charge in [0.15, 0.2) is 11.5 Å². The number of ether oxygens (including phenoxy) is 2. The zero-order chi connectivity index (χ0) is 21.1. The molecule has 4 rings (SSSR count). The molecule has 0 bridgehead atoms. The fourth-order valence-corrected chi connectivity index (χ4v) is 3.84. The summed E-state index contributed by atoms with van der Waals surface area (Å²) >= 11 is 0. The topological polar surface area (TPSA) is 56.6 Å². The highest BCUT2D eigenvalue weighted by atomic mass is 16.5. The predicted octanol–water partition coefficient (Wildman–Crippen LogP) is 4.18. The Bertz CT molecular complexity index is 1040. The largest absolute Gasteiger partial charge is 0.490 e. The van der Waals surface area contributed by atoms with E-state index in [1.54, 1.807) is 6.20 Å². The Balaban J connectivity index is 1.53. The third kappa shape index (κ3) is 3.90. The standard InChI is InChI=1S/C24H27N3O3/c1-4-29-22-14-19-11-13-26(16-20(19)15-23(22)30-5-2)24(28)18-6-8-21(9-7-18)27-17(3)10-12-25-27/h6-10,12,14-15H,4-5,11,13,16H2,1-3H3. The van der Waals surface area contributed by atoms with Crippen LogP contribution in [0.3, 0.4) is 0 Å². The molecule has 156 valence electrons. The molecule has 1 aliphatic rings. The number of benzene rings is 2. The minimum atomic E-state index is 0.0382. The van der Waals surface area contributed by atoms with Gasteiger partial charge in [0.1, 0.15) is 0 Å². The number of aryl methyl sites for hydroxylation is 1. The monoisotopic (exact) mass is 405 g/mol. The van der Waals surface area contributed by atoms with Crippen LogP contribution in [0, 0.1) is 6.92 Å². The number of carbonyl (C=O) groups is 1. The summed E-state index contributed by atoms with van der Waals surface area (Å²) in [6, 6.07) is 13.7. The summed E-state index contributed by atoms with van der Waals surface area (Å²) in [5.41, 5.74) is 5.02. The molecule has 30 heavy (non-hydrogen) atoms. The van der Waals surface area contributed by atoms with Gasteiger partial charge in [0.05, 0.1) is 18.9 Å². The highest BCUT2D eigenvalue weighted by Crippen LogP contribution is 2.34. The molecule has 0 atom stereocenters. The number of aromatic nitrogens is 2. The molecule has 0 unspecified atom stereocenters. The quantitative estimate of drug-likeness (QED) is 0.617. The minimum absolute atomic E-state index is 0.0382. The van der Waals surface area contributed by atoms with Gasteiger partial charge in [0.25, 0.3) is 5.91 Å². The van der Waals surface area contributed by atoms with Gasteiger partial charge in [-0.2, -0.15) is 5.10 Å². The van der Waals surface area contributed by atoms with Crippen LogP contribution in [0.15, 0.2) is 48.7 Å². The summed E-state index contributed by atoms with van der Waals surface area (Å²) in [5.74, 6) is 1.56. The molecule has 0 saturated heterocycles. The fourth-order valence-electron chi connectivity index (χ4n) is 3.84. The normalized spacial score (nSPS) is 13.1. The Morgan fingerprint density at radius 1 is 1.00 bits per heavy atom. The van der Waals surface area contributed by atoms with E-state index in [4.69, 9.17) is 9.47 Å². The second-order valence-corrected chi connectivity index (χ2v) is 7.34. The lowest BCUT2D eigenvalue weighted by atomic mass is 9.98. The molecule has 1 amide bonds. The third-order valence-electron chi connectivity index (χ3n) is 5.36. The lowest BCUT2D eigenvalue weighted by Gasteiger charge is -2.30. The van der Waals surface area contributed by atoms with Gasteiger partial charge in [-0.05, 0) is 80.8 Å². The number of hydrogen-bond donors (Lipinski definition) is 0. The Morgan fingerprint density at radius 3 is 2.27 bits per heavy atom. The van der Waals surface area contributed by atoms with Crippen molar-refractivity contribution in [2.75, 3.05) is 19.8 Å². The van der Waals surface area contributed by atoms with Crippen LogP contribution in [-0.2, 0) is 13.0 Å². The SMILES string of the molecule is CCOc1cc2c(cc1OCC)CN(C(=O)c1ccc(-n3nccc3C)cc1)CC2. The molecule has 6 heteroatoms. The molecule has 0 aliphatic carbocycles. The van der Waals surface area contributed by atoms with Crippen molar-refractivity contribution in [3.05, 3.63) is 71.0 Å². The Labute approximate surface area is 177 Å². The minimum Gasteiger partial charge on any atom is -0.490 e. The maximum absolute atomic E-state index is 13.1. The second kappa shape index (κ2) is 8.61. The first-order valence-electron chi connectivity index (χ1n) is 10.4. The maximum atomic E-state index is 13.1. The molecular weight excluding hydrogens is 378 g/mol. The first-order chi connectivity index (χ1) is 14.6. The highest BCUT2D eigenvalue weighted by molar-refractivity contribution is 5.94. The zero-order valence-electron chi connectivity index (χ0n) is 17.7. The number of hydrogen-bond acceptors (Lipinski definition) is 4. The second-order valence-electron chi connectivity index (χ2n) is 7.34. The average Bonchev–Trinajstić information content (AvgIpc) is 3.19. The predicted molar refractivity (Wildman–Crippen MR) is 116 cm³/mol. The molecule has 0 radical (unpaired) electrons. The van der Waals surface area contributed by atoms with Crippen LogP contribution >= 0.6 is 0 Å². The first-order valence-corrected chi connectivity index (χ1v) is 10.4. The number of fused-ring (bicyclic) bond motifs is 1. The summed E-state index contributed by atoms with van der Waals surface area (Å²) in [6.45, 7) is 8.35. The molecular formula is C24H27N3O3. The number of nitrogens with zero attached hydrogens (tertiary/aromatic N) is 3. The van der Waals surface area contributed by atoms with Crippen molar-refractivity contribution in [1.82, 2.24) is 14.7 Å². The van der Waals surface area contributed by atoms with Crippen LogP contribution in [-0.4, -0.2) is 40.3 Å². The summed E-state index contributed by atoms with van der Waals surface area (Å²) in [5, 5.41) is 4.32. The summed E-state index contributed by atoms with van der Waals surface area (Å²) in [7, 11) is 0. The first kappa shape index (κ1) is 20.0. The molecule has 0 fully saturated rings. The Morgan fingerprint density at radius 2 is 1.67 bits per heavy atom. The van der Waals surface area contributed by atoms with Crippen molar-refractivity contribution in [2.24, 2.45) is 0 Å². The summed E-state index contributed by atoms with van der Waals surface area (Å²) in [4.78, 5) is 15.0. The van der Waals surface area contributed by atoms with Gasteiger partial charge in [0, 0.05) is 30.5 Å². The van der Waals surface area contributed by atoms with E-state index in [2.05, 4.69) is 11.2 Å². The molecule has 0 spiro atoms. The van der Waals surface area contributed by atoms with Crippen molar-refractivity contribution < 1.29 is 14.3 Å². The molecule has 2 heterocycles. The van der Waals surface area contributed by atoms with Crippen LogP contribution in [0.1, 0.15) is 41.0 Å². The van der Waals surface area contributed by atoms with E-state index in [0.29, 0.717) is 31.9 Å². The van der Waals surface area contributed by atoms with Crippen molar-refractivity contribution in [3.8, 4) is 17.2 Å². The fraction of sp³-hybridized carbons (Fsp3) is 0.333. The van der Waals surface area contributed by atoms with Crippen molar-refractivity contribution in [1.29, 1.82) is 0 Å². The number of carbonyl (C=O) groups excluding carboxylic acids is 1.